The number of aromatic nitrogens is 1. The molecule has 0 aromatic carbocycles. The lowest BCUT2D eigenvalue weighted by atomic mass is 10.1. The van der Waals surface area contributed by atoms with Gasteiger partial charge >= 0.3 is 0 Å². The number of hydrogen-bond donors (Lipinski definition) is 1. The molecule has 1 aromatic heterocycles. The van der Waals surface area contributed by atoms with Crippen LogP contribution < -0.4 is 5.32 Å². The summed E-state index contributed by atoms with van der Waals surface area (Å²) in [6.07, 6.45) is 0.385. The van der Waals surface area contributed by atoms with Crippen molar-refractivity contribution in [1.29, 1.82) is 0 Å². The first-order valence-corrected chi connectivity index (χ1v) is 5.47. The van der Waals surface area contributed by atoms with Gasteiger partial charge in [-0.1, -0.05) is 0 Å². The molecule has 0 unspecified atom stereocenters. The van der Waals surface area contributed by atoms with E-state index >= 15 is 0 Å². The topological polar surface area (TPSA) is 42.0 Å². The number of aryl methyl sites for hydroxylation is 1. The Morgan fingerprint density at radius 2 is 2.21 bits per heavy atom. The van der Waals surface area contributed by atoms with Crippen LogP contribution in [0, 0.1) is 6.92 Å². The number of rotatable bonds is 2. The predicted octanol–water partition coefficient (Wildman–Crippen LogP) is 1.91. The van der Waals surface area contributed by atoms with Crippen molar-refractivity contribution in [3.05, 3.63) is 16.1 Å². The van der Waals surface area contributed by atoms with Crippen LogP contribution >= 0.6 is 11.3 Å². The molecule has 0 spiro atoms. The van der Waals surface area contributed by atoms with E-state index in [0.717, 1.165) is 10.7 Å². The maximum absolute atomic E-state index is 11.5. The molecule has 1 amide bonds. The van der Waals surface area contributed by atoms with Gasteiger partial charge in [0.1, 0.15) is 5.01 Å². The van der Waals surface area contributed by atoms with Crippen molar-refractivity contribution in [2.45, 2.75) is 39.7 Å². The number of thiazole rings is 1. The van der Waals surface area contributed by atoms with E-state index in [0.29, 0.717) is 6.42 Å². The molecule has 4 heteroatoms. The Hall–Kier alpha value is -0.900. The van der Waals surface area contributed by atoms with Crippen LogP contribution in [0.5, 0.6) is 0 Å². The van der Waals surface area contributed by atoms with E-state index in [1.165, 1.54) is 11.3 Å². The Bertz CT molecular complexity index is 325. The highest BCUT2D eigenvalue weighted by Gasteiger charge is 2.14. The second-order valence-corrected chi connectivity index (χ2v) is 5.30. The van der Waals surface area contributed by atoms with Crippen molar-refractivity contribution in [3.63, 3.8) is 0 Å². The van der Waals surface area contributed by atoms with Gasteiger partial charge in [-0.25, -0.2) is 4.98 Å². The van der Waals surface area contributed by atoms with Gasteiger partial charge in [0.05, 0.1) is 6.42 Å². The summed E-state index contributed by atoms with van der Waals surface area (Å²) in [4.78, 5) is 15.7. The maximum atomic E-state index is 11.5. The van der Waals surface area contributed by atoms with E-state index in [1.54, 1.807) is 0 Å². The molecule has 0 radical (unpaired) electrons. The first kappa shape index (κ1) is 11.2. The zero-order chi connectivity index (χ0) is 10.8. The molecule has 3 nitrogen and oxygen atoms in total. The predicted molar refractivity (Wildman–Crippen MR) is 58.5 cm³/mol. The third-order valence-corrected chi connectivity index (χ3v) is 2.46. The highest BCUT2D eigenvalue weighted by molar-refractivity contribution is 7.09. The van der Waals surface area contributed by atoms with Crippen LogP contribution in [0.2, 0.25) is 0 Å². The van der Waals surface area contributed by atoms with Crippen LogP contribution in [0.1, 0.15) is 31.5 Å². The Balaban J connectivity index is 2.50. The number of nitrogens with one attached hydrogen (secondary N) is 1. The molecule has 0 saturated heterocycles. The van der Waals surface area contributed by atoms with Gasteiger partial charge in [0.2, 0.25) is 5.91 Å². The lowest BCUT2D eigenvalue weighted by Gasteiger charge is -2.19. The summed E-state index contributed by atoms with van der Waals surface area (Å²) in [5, 5.41) is 5.74. The van der Waals surface area contributed by atoms with Crippen LogP contribution in [0.4, 0.5) is 0 Å². The largest absolute Gasteiger partial charge is 0.351 e. The summed E-state index contributed by atoms with van der Waals surface area (Å²) in [5.41, 5.74) is 0.817. The van der Waals surface area contributed by atoms with Gasteiger partial charge in [0.25, 0.3) is 0 Å². The summed E-state index contributed by atoms with van der Waals surface area (Å²) in [6.45, 7) is 7.84. The van der Waals surface area contributed by atoms with E-state index in [9.17, 15) is 4.79 Å². The van der Waals surface area contributed by atoms with Crippen LogP contribution in [0.15, 0.2) is 5.38 Å². The van der Waals surface area contributed by atoms with Crippen LogP contribution in [0.3, 0.4) is 0 Å². The smallest absolute Gasteiger partial charge is 0.227 e. The summed E-state index contributed by atoms with van der Waals surface area (Å²) in [6, 6.07) is 0. The van der Waals surface area contributed by atoms with Crippen LogP contribution in [0.25, 0.3) is 0 Å². The molecule has 0 aliphatic carbocycles. The van der Waals surface area contributed by atoms with Crippen molar-refractivity contribution in [3.8, 4) is 0 Å². The Labute approximate surface area is 88.6 Å². The molecule has 1 heterocycles. The van der Waals surface area contributed by atoms with Gasteiger partial charge in [-0.3, -0.25) is 4.79 Å². The maximum Gasteiger partial charge on any atom is 0.227 e. The minimum atomic E-state index is -0.163. The molecule has 1 N–H and O–H groups in total. The fourth-order valence-electron chi connectivity index (χ4n) is 1.08. The molecular weight excluding hydrogens is 196 g/mol. The molecule has 1 rings (SSSR count). The lowest BCUT2D eigenvalue weighted by Crippen LogP contribution is -2.41. The Morgan fingerprint density at radius 3 is 2.64 bits per heavy atom. The second-order valence-electron chi connectivity index (χ2n) is 4.36. The lowest BCUT2D eigenvalue weighted by molar-refractivity contribution is -0.121. The SMILES string of the molecule is Cc1csc(CC(=O)NC(C)(C)C)n1. The fourth-order valence-corrected chi connectivity index (χ4v) is 1.85. The third kappa shape index (κ3) is 3.87. The number of amides is 1. The van der Waals surface area contributed by atoms with E-state index in [4.69, 9.17) is 0 Å². The Kier molecular flexibility index (Phi) is 3.26. The molecule has 0 aliphatic rings. The van der Waals surface area contributed by atoms with Gasteiger partial charge in [-0.15, -0.1) is 11.3 Å². The summed E-state index contributed by atoms with van der Waals surface area (Å²) in [5.74, 6) is 0.0341. The number of carbonyl (C=O) groups excluding carboxylic acids is 1. The van der Waals surface area contributed by atoms with Crippen molar-refractivity contribution in [2.24, 2.45) is 0 Å². The van der Waals surface area contributed by atoms with Gasteiger partial charge in [-0.05, 0) is 27.7 Å². The minimum absolute atomic E-state index is 0.0341. The fraction of sp³-hybridized carbons (Fsp3) is 0.600. The van der Waals surface area contributed by atoms with Crippen molar-refractivity contribution in [1.82, 2.24) is 10.3 Å². The molecule has 14 heavy (non-hydrogen) atoms. The first-order valence-electron chi connectivity index (χ1n) is 4.59. The van der Waals surface area contributed by atoms with Gasteiger partial charge in [0.15, 0.2) is 0 Å². The summed E-state index contributed by atoms with van der Waals surface area (Å²) < 4.78 is 0. The molecule has 0 atom stereocenters. The number of carbonyl (C=O) groups is 1. The van der Waals surface area contributed by atoms with Gasteiger partial charge < -0.3 is 5.32 Å². The quantitative estimate of drug-likeness (QED) is 0.813. The second kappa shape index (κ2) is 4.09. The molecule has 78 valence electrons. The molecule has 0 fully saturated rings. The Morgan fingerprint density at radius 1 is 1.57 bits per heavy atom. The van der Waals surface area contributed by atoms with E-state index in [1.807, 2.05) is 33.1 Å². The summed E-state index contributed by atoms with van der Waals surface area (Å²) in [7, 11) is 0. The highest BCUT2D eigenvalue weighted by atomic mass is 32.1. The van der Waals surface area contributed by atoms with Crippen molar-refractivity contribution >= 4 is 17.2 Å². The average molecular weight is 212 g/mol. The number of hydrogen-bond acceptors (Lipinski definition) is 3. The number of nitrogens with zero attached hydrogens (tertiary/aromatic N) is 1. The standard InChI is InChI=1S/C10H16N2OS/c1-7-6-14-9(11-7)5-8(13)12-10(2,3)4/h6H,5H2,1-4H3,(H,12,13). The average Bonchev–Trinajstić information content (AvgIpc) is 2.30. The van der Waals surface area contributed by atoms with E-state index in [2.05, 4.69) is 10.3 Å². The molecule has 0 bridgehead atoms. The first-order chi connectivity index (χ1) is 6.37. The molecule has 0 aliphatic heterocycles. The normalized spacial score (nSPS) is 11.4. The highest BCUT2D eigenvalue weighted by Crippen LogP contribution is 2.09. The molecule has 1 aromatic rings. The summed E-state index contributed by atoms with van der Waals surface area (Å²) >= 11 is 1.53. The van der Waals surface area contributed by atoms with Crippen molar-refractivity contribution < 1.29 is 4.79 Å². The zero-order valence-corrected chi connectivity index (χ0v) is 9.86. The van der Waals surface area contributed by atoms with E-state index in [-0.39, 0.29) is 11.4 Å². The minimum Gasteiger partial charge on any atom is -0.351 e. The van der Waals surface area contributed by atoms with Crippen LogP contribution in [-0.2, 0) is 11.2 Å². The molecule has 0 saturated carbocycles. The monoisotopic (exact) mass is 212 g/mol. The van der Waals surface area contributed by atoms with Crippen molar-refractivity contribution in [2.75, 3.05) is 0 Å². The van der Waals surface area contributed by atoms with E-state index < -0.39 is 0 Å². The zero-order valence-electron chi connectivity index (χ0n) is 9.05. The van der Waals surface area contributed by atoms with Gasteiger partial charge in [0, 0.05) is 16.6 Å². The van der Waals surface area contributed by atoms with Gasteiger partial charge in [-0.2, -0.15) is 0 Å². The third-order valence-electron chi connectivity index (χ3n) is 1.49. The van der Waals surface area contributed by atoms with Crippen LogP contribution in [-0.4, -0.2) is 16.4 Å². The molecular formula is C10H16N2OS.